The van der Waals surface area contributed by atoms with E-state index in [0.717, 1.165) is 119 Å². The van der Waals surface area contributed by atoms with Gasteiger partial charge in [0.15, 0.2) is 0 Å². The minimum atomic E-state index is -0.408. The quantitative estimate of drug-likeness (QED) is 0.111. The SMILES string of the molecule is C=C1c2ccc(N3CCC(N4CC(Oc5cccc(SN6CCC(Nc7ncc(C8(C=O)CC8)c(N(C)C8CCCCC8)n7)CC6)c5)C4)CC3)cc2CN1C(CCC=O)C(=O)NC. The van der Waals surface area contributed by atoms with Crippen LogP contribution in [0.1, 0.15) is 100 Å². The van der Waals surface area contributed by atoms with Gasteiger partial charge in [-0.3, -0.25) is 9.69 Å². The van der Waals surface area contributed by atoms with Crippen LogP contribution >= 0.6 is 11.9 Å². The molecule has 4 aliphatic heterocycles. The largest absolute Gasteiger partial charge is 0.488 e. The molecule has 5 heterocycles. The molecule has 0 radical (unpaired) electrons. The minimum Gasteiger partial charge on any atom is -0.488 e. The number of nitrogens with zero attached hydrogens (tertiary/aromatic N) is 7. The van der Waals surface area contributed by atoms with Crippen molar-refractivity contribution < 1.29 is 19.1 Å². The number of aldehydes is 2. The van der Waals surface area contributed by atoms with E-state index in [0.29, 0.717) is 43.5 Å². The number of rotatable bonds is 17. The number of hydrogen-bond donors (Lipinski definition) is 2. The molecule has 0 spiro atoms. The zero-order valence-corrected chi connectivity index (χ0v) is 38.0. The third kappa shape index (κ3) is 9.59. The van der Waals surface area contributed by atoms with Gasteiger partial charge in [-0.15, -0.1) is 0 Å². The van der Waals surface area contributed by atoms with E-state index in [2.05, 4.69) is 85.7 Å². The van der Waals surface area contributed by atoms with Crippen molar-refractivity contribution in [2.45, 2.75) is 131 Å². The van der Waals surface area contributed by atoms with Crippen molar-refractivity contribution in [1.82, 2.24) is 29.4 Å². The van der Waals surface area contributed by atoms with Gasteiger partial charge in [0.05, 0.1) is 5.41 Å². The van der Waals surface area contributed by atoms with Gasteiger partial charge in [-0.1, -0.05) is 38.0 Å². The number of carbonyl (C=O) groups excluding carboxylic acids is 3. The Morgan fingerprint density at radius 1 is 1.02 bits per heavy atom. The summed E-state index contributed by atoms with van der Waals surface area (Å²) in [5.41, 5.74) is 4.94. The lowest BCUT2D eigenvalue weighted by Gasteiger charge is -2.47. The molecule has 13 nitrogen and oxygen atoms in total. The number of likely N-dealkylation sites (tertiary alicyclic amines) is 1. The molecule has 63 heavy (non-hydrogen) atoms. The van der Waals surface area contributed by atoms with E-state index in [9.17, 15) is 14.4 Å². The summed E-state index contributed by atoms with van der Waals surface area (Å²) in [6, 6.07) is 16.1. The number of amides is 1. The third-order valence-corrected chi connectivity index (χ3v) is 15.8. The fourth-order valence-corrected chi connectivity index (χ4v) is 11.6. The first-order valence-corrected chi connectivity index (χ1v) is 24.3. The number of carbonyl (C=O) groups is 3. The molecule has 1 aromatic heterocycles. The molecule has 2 N–H and O–H groups in total. The van der Waals surface area contributed by atoms with Gasteiger partial charge in [0.2, 0.25) is 11.9 Å². The first kappa shape index (κ1) is 43.6. The lowest BCUT2D eigenvalue weighted by atomic mass is 9.93. The van der Waals surface area contributed by atoms with Gasteiger partial charge in [0.25, 0.3) is 0 Å². The average molecular weight is 876 g/mol. The molecule has 9 rings (SSSR count). The Bertz CT molecular complexity index is 2120. The predicted octanol–water partition coefficient (Wildman–Crippen LogP) is 6.67. The van der Waals surface area contributed by atoms with Crippen molar-refractivity contribution in [1.29, 1.82) is 0 Å². The number of fused-ring (bicyclic) bond motifs is 1. The summed E-state index contributed by atoms with van der Waals surface area (Å²) >= 11 is 1.82. The molecule has 0 bridgehead atoms. The summed E-state index contributed by atoms with van der Waals surface area (Å²) < 4.78 is 8.97. The van der Waals surface area contributed by atoms with Crippen LogP contribution in [0.3, 0.4) is 0 Å². The van der Waals surface area contributed by atoms with Gasteiger partial charge < -0.3 is 39.7 Å². The van der Waals surface area contributed by atoms with Crippen LogP contribution < -0.4 is 25.2 Å². The number of benzene rings is 2. The van der Waals surface area contributed by atoms with Crippen LogP contribution in [0.5, 0.6) is 5.75 Å². The van der Waals surface area contributed by atoms with Crippen LogP contribution in [0.2, 0.25) is 0 Å². The standard InChI is InChI=1S/C49H65N9O4S/c1-34-43-15-14-39(27-35(43)30-58(34)45(13-8-26-59)47(61)50-2)55-22-18-38(19-23-55)56-31-41(32-56)62-40-11-7-12-42(28-40)63-57-24-16-36(17-25-57)52-48-51-29-44(49(33-60)20-21-49)46(53-48)54(3)37-9-5-4-6-10-37/h7,11-12,14-15,26-29,33,36-38,41,45H,1,4-6,8-10,13,16-25,30-32H2,2-3H3,(H,50,61)(H,51,52,53). The van der Waals surface area contributed by atoms with Gasteiger partial charge in [0, 0.05) is 118 Å². The highest BCUT2D eigenvalue weighted by Crippen LogP contribution is 2.49. The molecule has 2 aliphatic carbocycles. The van der Waals surface area contributed by atoms with E-state index in [1.54, 1.807) is 7.05 Å². The fourth-order valence-electron chi connectivity index (χ4n) is 10.6. The minimum absolute atomic E-state index is 0.0822. The lowest BCUT2D eigenvalue weighted by Crippen LogP contribution is -2.59. The van der Waals surface area contributed by atoms with Crippen LogP contribution in [0.15, 0.2) is 60.1 Å². The van der Waals surface area contributed by atoms with Crippen molar-refractivity contribution in [3.05, 3.63) is 71.9 Å². The predicted molar refractivity (Wildman–Crippen MR) is 250 cm³/mol. The zero-order valence-electron chi connectivity index (χ0n) is 37.2. The highest BCUT2D eigenvalue weighted by atomic mass is 32.2. The Morgan fingerprint density at radius 3 is 2.51 bits per heavy atom. The molecule has 1 atom stereocenters. The maximum Gasteiger partial charge on any atom is 0.242 e. The second-order valence-corrected chi connectivity index (χ2v) is 19.9. The molecule has 336 valence electrons. The Morgan fingerprint density at radius 2 is 1.79 bits per heavy atom. The maximum absolute atomic E-state index is 12.7. The van der Waals surface area contributed by atoms with E-state index in [4.69, 9.17) is 14.7 Å². The fraction of sp³-hybridized carbons (Fsp3) is 0.571. The summed E-state index contributed by atoms with van der Waals surface area (Å²) in [7, 11) is 3.80. The molecule has 1 unspecified atom stereocenters. The molecule has 14 heteroatoms. The number of hydrogen-bond acceptors (Lipinski definition) is 13. The Kier molecular flexibility index (Phi) is 13.3. The Balaban J connectivity index is 0.713. The number of piperidine rings is 2. The summed E-state index contributed by atoms with van der Waals surface area (Å²) in [5.74, 6) is 2.47. The van der Waals surface area contributed by atoms with Crippen molar-refractivity contribution in [2.75, 3.05) is 68.5 Å². The van der Waals surface area contributed by atoms with Gasteiger partial charge in [0.1, 0.15) is 36.3 Å². The monoisotopic (exact) mass is 875 g/mol. The van der Waals surface area contributed by atoms with Crippen LogP contribution in [-0.2, 0) is 26.3 Å². The molecule has 3 aromatic rings. The van der Waals surface area contributed by atoms with E-state index < -0.39 is 11.5 Å². The first-order chi connectivity index (χ1) is 30.7. The van der Waals surface area contributed by atoms with Gasteiger partial charge >= 0.3 is 0 Å². The topological polar surface area (TPSA) is 126 Å². The van der Waals surface area contributed by atoms with Crippen molar-refractivity contribution in [3.63, 3.8) is 0 Å². The normalized spacial score (nSPS) is 21.7. The summed E-state index contributed by atoms with van der Waals surface area (Å²) in [5, 5.41) is 6.43. The van der Waals surface area contributed by atoms with E-state index in [-0.39, 0.29) is 12.0 Å². The van der Waals surface area contributed by atoms with Crippen LogP contribution in [0, 0.1) is 0 Å². The first-order valence-electron chi connectivity index (χ1n) is 23.5. The highest BCUT2D eigenvalue weighted by molar-refractivity contribution is 7.97. The second kappa shape index (κ2) is 19.2. The van der Waals surface area contributed by atoms with Gasteiger partial charge in [-0.25, -0.2) is 9.29 Å². The Labute approximate surface area is 377 Å². The molecule has 3 saturated heterocycles. The van der Waals surface area contributed by atoms with Crippen LogP contribution in [0.25, 0.3) is 5.70 Å². The van der Waals surface area contributed by atoms with E-state index in [1.807, 2.05) is 23.0 Å². The summed E-state index contributed by atoms with van der Waals surface area (Å²) in [6.07, 6.45) is 17.1. The van der Waals surface area contributed by atoms with E-state index in [1.165, 1.54) is 48.3 Å². The number of anilines is 3. The lowest BCUT2D eigenvalue weighted by molar-refractivity contribution is -0.125. The molecule has 2 aromatic carbocycles. The number of nitrogens with one attached hydrogen (secondary N) is 2. The third-order valence-electron chi connectivity index (χ3n) is 14.7. The molecular weight excluding hydrogens is 811 g/mol. The number of ether oxygens (including phenoxy) is 1. The van der Waals surface area contributed by atoms with Crippen molar-refractivity contribution in [2.24, 2.45) is 0 Å². The smallest absolute Gasteiger partial charge is 0.242 e. The van der Waals surface area contributed by atoms with Gasteiger partial charge in [-0.05, 0) is 106 Å². The summed E-state index contributed by atoms with van der Waals surface area (Å²) in [4.78, 5) is 56.5. The average Bonchev–Trinajstić information content (AvgIpc) is 4.04. The van der Waals surface area contributed by atoms with Crippen molar-refractivity contribution >= 4 is 53.6 Å². The summed E-state index contributed by atoms with van der Waals surface area (Å²) in [6.45, 7) is 10.8. The molecule has 2 saturated carbocycles. The van der Waals surface area contributed by atoms with E-state index >= 15 is 0 Å². The molecular formula is C49H65N9O4S. The zero-order chi connectivity index (χ0) is 43.5. The van der Waals surface area contributed by atoms with Crippen molar-refractivity contribution in [3.8, 4) is 5.75 Å². The highest BCUT2D eigenvalue weighted by Gasteiger charge is 2.47. The molecule has 1 amide bonds. The van der Waals surface area contributed by atoms with Crippen LogP contribution in [0.4, 0.5) is 17.5 Å². The van der Waals surface area contributed by atoms with Crippen LogP contribution in [-0.4, -0.2) is 126 Å². The van der Waals surface area contributed by atoms with Gasteiger partial charge in [-0.2, -0.15) is 4.98 Å². The number of aromatic nitrogens is 2. The number of likely N-dealkylation sites (N-methyl/N-ethyl adjacent to an activating group) is 1. The second-order valence-electron chi connectivity index (χ2n) is 18.7. The maximum atomic E-state index is 12.7. The molecule has 6 aliphatic rings. The Hall–Kier alpha value is -4.66. The molecule has 5 fully saturated rings.